The van der Waals surface area contributed by atoms with Crippen LogP contribution in [-0.2, 0) is 6.54 Å². The number of nitrogens with two attached hydrogens (primary N) is 1. The summed E-state index contributed by atoms with van der Waals surface area (Å²) >= 11 is 0. The van der Waals surface area contributed by atoms with Crippen molar-refractivity contribution in [1.29, 1.82) is 0 Å². The van der Waals surface area contributed by atoms with Gasteiger partial charge in [-0.2, -0.15) is 0 Å². The maximum absolute atomic E-state index is 11.7. The topological polar surface area (TPSA) is 79.7 Å². The third-order valence-corrected chi connectivity index (χ3v) is 4.25. The highest BCUT2D eigenvalue weighted by molar-refractivity contribution is 5.81. The molecule has 5 nitrogen and oxygen atoms in total. The minimum atomic E-state index is -0.375. The number of likely N-dealkylation sites (tertiary alicyclic amines) is 1. The molecule has 0 spiro atoms. The summed E-state index contributed by atoms with van der Waals surface area (Å²) in [4.78, 5) is 14.0. The summed E-state index contributed by atoms with van der Waals surface area (Å²) in [6.07, 6.45) is 2.22. The van der Waals surface area contributed by atoms with Crippen LogP contribution in [0.25, 0.3) is 11.0 Å². The lowest BCUT2D eigenvalue weighted by atomic mass is 9.96. The maximum Gasteiger partial charge on any atom is 0.336 e. The number of hydrogen-bond donors (Lipinski definition) is 2. The average molecular weight is 288 g/mol. The van der Waals surface area contributed by atoms with Gasteiger partial charge in [0.25, 0.3) is 0 Å². The van der Waals surface area contributed by atoms with Gasteiger partial charge in [0.1, 0.15) is 11.3 Å². The molecule has 0 atom stereocenters. The average Bonchev–Trinajstić information content (AvgIpc) is 2.47. The second kappa shape index (κ2) is 5.87. The Kier molecular flexibility index (Phi) is 3.94. The van der Waals surface area contributed by atoms with Crippen LogP contribution >= 0.6 is 0 Å². The van der Waals surface area contributed by atoms with Crippen molar-refractivity contribution in [2.75, 3.05) is 19.6 Å². The summed E-state index contributed by atoms with van der Waals surface area (Å²) < 4.78 is 5.16. The van der Waals surface area contributed by atoms with Crippen molar-refractivity contribution in [2.24, 2.45) is 11.7 Å². The van der Waals surface area contributed by atoms with Crippen molar-refractivity contribution in [3.63, 3.8) is 0 Å². The molecule has 0 bridgehead atoms. The Labute approximate surface area is 123 Å². The molecule has 1 aliphatic heterocycles. The number of aromatic hydroxyl groups is 1. The van der Waals surface area contributed by atoms with Gasteiger partial charge in [-0.15, -0.1) is 0 Å². The molecule has 3 rings (SSSR count). The Balaban J connectivity index is 1.85. The Morgan fingerprint density at radius 2 is 2.05 bits per heavy atom. The normalized spacial score (nSPS) is 17.4. The monoisotopic (exact) mass is 288 g/mol. The van der Waals surface area contributed by atoms with Crippen LogP contribution in [0.15, 0.2) is 33.5 Å². The van der Waals surface area contributed by atoms with Crippen LogP contribution in [-0.4, -0.2) is 29.6 Å². The molecule has 0 unspecified atom stereocenters. The van der Waals surface area contributed by atoms with E-state index in [1.54, 1.807) is 18.2 Å². The molecule has 1 saturated heterocycles. The van der Waals surface area contributed by atoms with Crippen LogP contribution in [0.2, 0.25) is 0 Å². The highest BCUT2D eigenvalue weighted by Gasteiger charge is 2.19. The van der Waals surface area contributed by atoms with E-state index in [1.807, 2.05) is 0 Å². The molecule has 0 amide bonds. The van der Waals surface area contributed by atoms with Crippen LogP contribution in [0, 0.1) is 5.92 Å². The van der Waals surface area contributed by atoms with Crippen LogP contribution in [0.1, 0.15) is 18.4 Å². The number of phenolic OH excluding ortho intramolecular Hbond substituents is 1. The predicted molar refractivity (Wildman–Crippen MR) is 81.2 cm³/mol. The summed E-state index contributed by atoms with van der Waals surface area (Å²) in [5.74, 6) is 0.724. The largest absolute Gasteiger partial charge is 0.508 e. The SMILES string of the molecule is NCC1CCN(Cc2cc(=O)oc3cc(O)ccc23)CC1. The molecule has 2 aromatic rings. The highest BCUT2D eigenvalue weighted by Crippen LogP contribution is 2.24. The molecule has 0 radical (unpaired) electrons. The molecule has 0 aliphatic carbocycles. The van der Waals surface area contributed by atoms with Crippen molar-refractivity contribution in [3.05, 3.63) is 40.2 Å². The fourth-order valence-electron chi connectivity index (χ4n) is 2.97. The number of benzene rings is 1. The Morgan fingerprint density at radius 1 is 1.29 bits per heavy atom. The van der Waals surface area contributed by atoms with Gasteiger partial charge in [0, 0.05) is 24.1 Å². The Hall–Kier alpha value is -1.85. The van der Waals surface area contributed by atoms with Gasteiger partial charge in [-0.05, 0) is 56.1 Å². The molecule has 2 heterocycles. The fraction of sp³-hybridized carbons (Fsp3) is 0.438. The van der Waals surface area contributed by atoms with E-state index >= 15 is 0 Å². The molecule has 1 aliphatic rings. The minimum Gasteiger partial charge on any atom is -0.508 e. The van der Waals surface area contributed by atoms with Gasteiger partial charge in [-0.3, -0.25) is 4.90 Å². The van der Waals surface area contributed by atoms with Gasteiger partial charge in [0.05, 0.1) is 0 Å². The second-order valence-electron chi connectivity index (χ2n) is 5.73. The lowest BCUT2D eigenvalue weighted by Crippen LogP contribution is -2.35. The highest BCUT2D eigenvalue weighted by atomic mass is 16.4. The minimum absolute atomic E-state index is 0.103. The predicted octanol–water partition coefficient (Wildman–Crippen LogP) is 1.67. The molecule has 112 valence electrons. The summed E-state index contributed by atoms with van der Waals surface area (Å²) in [6, 6.07) is 6.46. The summed E-state index contributed by atoms with van der Waals surface area (Å²) in [5.41, 5.74) is 6.73. The van der Waals surface area contributed by atoms with Crippen molar-refractivity contribution in [2.45, 2.75) is 19.4 Å². The van der Waals surface area contributed by atoms with E-state index < -0.39 is 0 Å². The quantitative estimate of drug-likeness (QED) is 0.840. The van der Waals surface area contributed by atoms with Gasteiger partial charge in [0.15, 0.2) is 0 Å². The fourth-order valence-corrected chi connectivity index (χ4v) is 2.97. The van der Waals surface area contributed by atoms with Crippen molar-refractivity contribution in [3.8, 4) is 5.75 Å². The number of piperidine rings is 1. The first-order valence-electron chi connectivity index (χ1n) is 7.34. The third-order valence-electron chi connectivity index (χ3n) is 4.25. The molecular weight excluding hydrogens is 268 g/mol. The van der Waals surface area contributed by atoms with E-state index in [9.17, 15) is 9.90 Å². The van der Waals surface area contributed by atoms with E-state index in [2.05, 4.69) is 4.90 Å². The first kappa shape index (κ1) is 14.1. The molecule has 1 aromatic carbocycles. The van der Waals surface area contributed by atoms with Crippen molar-refractivity contribution < 1.29 is 9.52 Å². The summed E-state index contributed by atoms with van der Waals surface area (Å²) in [6.45, 7) is 3.48. The lowest BCUT2D eigenvalue weighted by Gasteiger charge is -2.31. The lowest BCUT2D eigenvalue weighted by molar-refractivity contribution is 0.181. The maximum atomic E-state index is 11.7. The van der Waals surface area contributed by atoms with Crippen molar-refractivity contribution >= 4 is 11.0 Å². The summed E-state index contributed by atoms with van der Waals surface area (Å²) in [5, 5.41) is 10.4. The van der Waals surface area contributed by atoms with E-state index in [0.717, 1.165) is 50.0 Å². The van der Waals surface area contributed by atoms with Gasteiger partial charge in [0.2, 0.25) is 0 Å². The zero-order chi connectivity index (χ0) is 14.8. The van der Waals surface area contributed by atoms with Gasteiger partial charge < -0.3 is 15.3 Å². The Morgan fingerprint density at radius 3 is 2.76 bits per heavy atom. The molecule has 5 heteroatoms. The van der Waals surface area contributed by atoms with Crippen LogP contribution < -0.4 is 11.4 Å². The van der Waals surface area contributed by atoms with Crippen LogP contribution in [0.3, 0.4) is 0 Å². The van der Waals surface area contributed by atoms with Crippen LogP contribution in [0.5, 0.6) is 5.75 Å². The van der Waals surface area contributed by atoms with Gasteiger partial charge >= 0.3 is 5.63 Å². The molecule has 3 N–H and O–H groups in total. The van der Waals surface area contributed by atoms with Crippen molar-refractivity contribution in [1.82, 2.24) is 4.90 Å². The molecule has 1 aromatic heterocycles. The molecule has 0 saturated carbocycles. The van der Waals surface area contributed by atoms with E-state index in [-0.39, 0.29) is 11.4 Å². The standard InChI is InChI=1S/C16H20N2O3/c17-9-11-3-5-18(6-4-11)10-12-7-16(20)21-15-8-13(19)1-2-14(12)15/h1-2,7-8,11,19H,3-6,9-10,17H2. The van der Waals surface area contributed by atoms with Gasteiger partial charge in [-0.25, -0.2) is 4.79 Å². The molecule has 21 heavy (non-hydrogen) atoms. The number of rotatable bonds is 3. The Bertz CT molecular complexity index is 687. The molecular formula is C16H20N2O3. The molecule has 1 fully saturated rings. The second-order valence-corrected chi connectivity index (χ2v) is 5.73. The van der Waals surface area contributed by atoms with Gasteiger partial charge in [-0.1, -0.05) is 0 Å². The number of phenols is 1. The third kappa shape index (κ3) is 3.09. The smallest absolute Gasteiger partial charge is 0.336 e. The van der Waals surface area contributed by atoms with E-state index in [4.69, 9.17) is 10.2 Å². The van der Waals surface area contributed by atoms with E-state index in [1.165, 1.54) is 6.07 Å². The zero-order valence-corrected chi connectivity index (χ0v) is 11.9. The van der Waals surface area contributed by atoms with Crippen LogP contribution in [0.4, 0.5) is 0 Å². The first-order valence-corrected chi connectivity index (χ1v) is 7.34. The first-order chi connectivity index (χ1) is 10.2. The van der Waals surface area contributed by atoms with E-state index in [0.29, 0.717) is 11.5 Å². The number of fused-ring (bicyclic) bond motifs is 1. The number of hydrogen-bond acceptors (Lipinski definition) is 5. The number of nitrogens with zero attached hydrogens (tertiary/aromatic N) is 1. The summed E-state index contributed by atoms with van der Waals surface area (Å²) in [7, 11) is 0. The zero-order valence-electron chi connectivity index (χ0n) is 11.9.